The number of carbonyl (C=O) groups excluding carboxylic acids is 1. The number of rotatable bonds is 3. The lowest BCUT2D eigenvalue weighted by atomic mass is 9.52. The van der Waals surface area contributed by atoms with E-state index in [1.54, 1.807) is 0 Å². The summed E-state index contributed by atoms with van der Waals surface area (Å²) in [4.78, 5) is 12.5. The zero-order chi connectivity index (χ0) is 17.1. The van der Waals surface area contributed by atoms with E-state index in [0.717, 1.165) is 32.1 Å². The standard InChI is InChI=1S/C17H27NO5S/c18-17-7-10-5-12(8-17)15(13(6-10)9-17)23-16(19)11-1-3-14(4-2-11)24(20,21)22/h10-15H,1-9,18H2,(H,20,21,22)/p-1. The number of carbonyl (C=O) groups is 1. The molecule has 2 N–H and O–H groups in total. The zero-order valence-electron chi connectivity index (χ0n) is 13.9. The number of hydrogen-bond donors (Lipinski definition) is 1. The molecule has 0 spiro atoms. The van der Waals surface area contributed by atoms with Gasteiger partial charge in [-0.15, -0.1) is 0 Å². The van der Waals surface area contributed by atoms with E-state index >= 15 is 0 Å². The van der Waals surface area contributed by atoms with Crippen LogP contribution in [0.15, 0.2) is 0 Å². The largest absolute Gasteiger partial charge is 0.748 e. The Morgan fingerprint density at radius 2 is 1.62 bits per heavy atom. The molecule has 5 rings (SSSR count). The first-order valence-corrected chi connectivity index (χ1v) is 10.6. The van der Waals surface area contributed by atoms with Crippen LogP contribution in [0.3, 0.4) is 0 Å². The molecule has 7 heteroatoms. The highest BCUT2D eigenvalue weighted by molar-refractivity contribution is 7.86. The SMILES string of the molecule is NC12CC3CC(C1)C(OC(=O)C1CCC(S(=O)(=O)[O-])CC1)C(C3)C2. The average molecular weight is 356 g/mol. The van der Waals surface area contributed by atoms with Crippen LogP contribution in [-0.2, 0) is 19.6 Å². The minimum Gasteiger partial charge on any atom is -0.748 e. The molecule has 5 saturated carbocycles. The van der Waals surface area contributed by atoms with Gasteiger partial charge in [0.1, 0.15) is 6.10 Å². The maximum absolute atomic E-state index is 12.5. The molecular formula is C17H26NO5S-. The van der Waals surface area contributed by atoms with Crippen LogP contribution in [0.5, 0.6) is 0 Å². The second kappa shape index (κ2) is 5.68. The summed E-state index contributed by atoms with van der Waals surface area (Å²) in [5.41, 5.74) is 6.44. The van der Waals surface area contributed by atoms with Crippen LogP contribution in [0.25, 0.3) is 0 Å². The van der Waals surface area contributed by atoms with Crippen LogP contribution >= 0.6 is 0 Å². The van der Waals surface area contributed by atoms with Crippen molar-refractivity contribution in [1.82, 2.24) is 0 Å². The number of ether oxygens (including phenoxy) is 1. The molecule has 136 valence electrons. The van der Waals surface area contributed by atoms with Gasteiger partial charge in [0.05, 0.1) is 16.0 Å². The highest BCUT2D eigenvalue weighted by atomic mass is 32.2. The molecule has 0 aromatic rings. The van der Waals surface area contributed by atoms with Crippen LogP contribution in [0, 0.1) is 23.7 Å². The Hall–Kier alpha value is -0.660. The van der Waals surface area contributed by atoms with E-state index in [4.69, 9.17) is 10.5 Å². The summed E-state index contributed by atoms with van der Waals surface area (Å²) in [5.74, 6) is 1.03. The van der Waals surface area contributed by atoms with Gasteiger partial charge in [0.25, 0.3) is 0 Å². The quantitative estimate of drug-likeness (QED) is 0.607. The predicted octanol–water partition coefficient (Wildman–Crippen LogP) is 1.54. The van der Waals surface area contributed by atoms with Gasteiger partial charge in [0.2, 0.25) is 0 Å². The van der Waals surface area contributed by atoms with Crippen LogP contribution in [0.2, 0.25) is 0 Å². The van der Waals surface area contributed by atoms with Crippen molar-refractivity contribution in [2.24, 2.45) is 29.4 Å². The zero-order valence-corrected chi connectivity index (χ0v) is 14.7. The Morgan fingerprint density at radius 1 is 1.04 bits per heavy atom. The third-order valence-corrected chi connectivity index (χ3v) is 8.19. The molecule has 24 heavy (non-hydrogen) atoms. The number of hydrogen-bond acceptors (Lipinski definition) is 6. The van der Waals surface area contributed by atoms with Gasteiger partial charge in [0.15, 0.2) is 0 Å². The smallest absolute Gasteiger partial charge is 0.309 e. The van der Waals surface area contributed by atoms with Crippen molar-refractivity contribution in [3.63, 3.8) is 0 Å². The van der Waals surface area contributed by atoms with Crippen molar-refractivity contribution in [2.75, 3.05) is 0 Å². The lowest BCUT2D eigenvalue weighted by molar-refractivity contribution is -0.178. The monoisotopic (exact) mass is 356 g/mol. The molecule has 2 unspecified atom stereocenters. The van der Waals surface area contributed by atoms with Crippen LogP contribution in [0.1, 0.15) is 57.8 Å². The van der Waals surface area contributed by atoms with Crippen LogP contribution < -0.4 is 5.73 Å². The average Bonchev–Trinajstić information content (AvgIpc) is 2.48. The van der Waals surface area contributed by atoms with E-state index in [-0.39, 0.29) is 36.4 Å². The van der Waals surface area contributed by atoms with Crippen LogP contribution in [-0.4, -0.2) is 35.8 Å². The molecule has 0 heterocycles. The van der Waals surface area contributed by atoms with Gasteiger partial charge in [-0.1, -0.05) is 0 Å². The van der Waals surface area contributed by atoms with Crippen molar-refractivity contribution in [1.29, 1.82) is 0 Å². The first-order chi connectivity index (χ1) is 11.2. The Morgan fingerprint density at radius 3 is 2.12 bits per heavy atom. The summed E-state index contributed by atoms with van der Waals surface area (Å²) in [6.07, 6.45) is 6.70. The number of esters is 1. The fraction of sp³-hybridized carbons (Fsp3) is 0.941. The molecule has 0 aromatic heterocycles. The molecule has 2 atom stereocenters. The van der Waals surface area contributed by atoms with Crippen molar-refractivity contribution < 1.29 is 22.5 Å². The summed E-state index contributed by atoms with van der Waals surface area (Å²) in [6, 6.07) is 0. The normalized spacial score (nSPS) is 47.6. The molecule has 0 aromatic carbocycles. The van der Waals surface area contributed by atoms with Gasteiger partial charge in [-0.05, 0) is 75.5 Å². The molecular weight excluding hydrogens is 330 g/mol. The second-order valence-corrected chi connectivity index (χ2v) is 10.4. The molecule has 5 aliphatic rings. The Kier molecular flexibility index (Phi) is 3.97. The highest BCUT2D eigenvalue weighted by Gasteiger charge is 2.55. The van der Waals surface area contributed by atoms with Gasteiger partial charge in [-0.3, -0.25) is 4.79 Å². The lowest BCUT2D eigenvalue weighted by Gasteiger charge is -2.58. The molecule has 5 aliphatic carbocycles. The Balaban J connectivity index is 1.36. The maximum Gasteiger partial charge on any atom is 0.309 e. The van der Waals surface area contributed by atoms with E-state index in [1.165, 1.54) is 0 Å². The van der Waals surface area contributed by atoms with Gasteiger partial charge in [0, 0.05) is 10.8 Å². The van der Waals surface area contributed by atoms with E-state index in [2.05, 4.69) is 0 Å². The van der Waals surface area contributed by atoms with E-state index in [9.17, 15) is 17.8 Å². The minimum atomic E-state index is -4.24. The van der Waals surface area contributed by atoms with Crippen molar-refractivity contribution in [2.45, 2.75) is 74.7 Å². The summed E-state index contributed by atoms with van der Waals surface area (Å²) in [7, 11) is -4.24. The molecule has 0 saturated heterocycles. The van der Waals surface area contributed by atoms with Crippen LogP contribution in [0.4, 0.5) is 0 Å². The Labute approximate surface area is 143 Å². The molecule has 0 radical (unpaired) electrons. The second-order valence-electron chi connectivity index (χ2n) is 8.70. The lowest BCUT2D eigenvalue weighted by Crippen LogP contribution is -2.61. The third-order valence-electron chi connectivity index (χ3n) is 6.90. The molecule has 0 aliphatic heterocycles. The maximum atomic E-state index is 12.5. The van der Waals surface area contributed by atoms with Gasteiger partial charge >= 0.3 is 5.97 Å². The van der Waals surface area contributed by atoms with Gasteiger partial charge in [-0.2, -0.15) is 0 Å². The van der Waals surface area contributed by atoms with Crippen molar-refractivity contribution >= 4 is 16.1 Å². The van der Waals surface area contributed by atoms with Crippen molar-refractivity contribution in [3.8, 4) is 0 Å². The van der Waals surface area contributed by atoms with Gasteiger partial charge < -0.3 is 15.0 Å². The summed E-state index contributed by atoms with van der Waals surface area (Å²) < 4.78 is 39.2. The fourth-order valence-corrected chi connectivity index (χ4v) is 6.90. The third kappa shape index (κ3) is 2.99. The highest BCUT2D eigenvalue weighted by Crippen LogP contribution is 2.55. The fourth-order valence-electron chi connectivity index (χ4n) is 6.05. The topological polar surface area (TPSA) is 110 Å². The summed E-state index contributed by atoms with van der Waals surface area (Å²) >= 11 is 0. The first-order valence-electron chi connectivity index (χ1n) is 9.18. The minimum absolute atomic E-state index is 0.00769. The summed E-state index contributed by atoms with van der Waals surface area (Å²) in [5, 5.41) is -0.833. The van der Waals surface area contributed by atoms with E-state index < -0.39 is 15.4 Å². The number of nitrogens with two attached hydrogens (primary N) is 1. The molecule has 5 fully saturated rings. The van der Waals surface area contributed by atoms with Gasteiger partial charge in [-0.25, -0.2) is 8.42 Å². The molecule has 0 amide bonds. The summed E-state index contributed by atoms with van der Waals surface area (Å²) in [6.45, 7) is 0. The van der Waals surface area contributed by atoms with Crippen molar-refractivity contribution in [3.05, 3.63) is 0 Å². The molecule has 6 nitrogen and oxygen atoms in total. The van der Waals surface area contributed by atoms with E-state index in [1.807, 2.05) is 0 Å². The predicted molar refractivity (Wildman–Crippen MR) is 85.8 cm³/mol. The Bertz CT molecular complexity index is 609. The molecule has 4 bridgehead atoms. The van der Waals surface area contributed by atoms with E-state index in [0.29, 0.717) is 30.6 Å². The first kappa shape index (κ1) is 16.8.